The van der Waals surface area contributed by atoms with Gasteiger partial charge in [-0.05, 0) is 23.5 Å². The Balaban J connectivity index is 2.77. The molecule has 0 radical (unpaired) electrons. The highest BCUT2D eigenvalue weighted by atomic mass is 79.9. The average Bonchev–Trinajstić information content (AvgIpc) is 2.06. The summed E-state index contributed by atoms with van der Waals surface area (Å²) in [7, 11) is 0. The minimum absolute atomic E-state index is 0.189. The van der Waals surface area contributed by atoms with E-state index in [1.807, 2.05) is 38.1 Å². The van der Waals surface area contributed by atoms with Crippen LogP contribution in [0, 0.1) is 5.41 Å². The maximum Gasteiger partial charge on any atom is 0.303 e. The van der Waals surface area contributed by atoms with Gasteiger partial charge in [0.05, 0.1) is 6.42 Å². The summed E-state index contributed by atoms with van der Waals surface area (Å²) in [6.45, 7) is 3.95. The van der Waals surface area contributed by atoms with Gasteiger partial charge in [-0.15, -0.1) is 0 Å². The smallest absolute Gasteiger partial charge is 0.303 e. The Bertz CT molecular complexity index is 358. The van der Waals surface area contributed by atoms with Crippen molar-refractivity contribution in [3.05, 3.63) is 34.3 Å². The molecule has 0 aliphatic rings. The van der Waals surface area contributed by atoms with Gasteiger partial charge in [0.25, 0.3) is 0 Å². The molecule has 1 aromatic rings. The van der Waals surface area contributed by atoms with Crippen molar-refractivity contribution < 1.29 is 9.90 Å². The van der Waals surface area contributed by atoms with E-state index in [0.29, 0.717) is 0 Å². The fourth-order valence-electron chi connectivity index (χ4n) is 1.63. The van der Waals surface area contributed by atoms with Crippen molar-refractivity contribution in [2.45, 2.75) is 26.7 Å². The molecule has 0 atom stereocenters. The Hall–Kier alpha value is -0.830. The van der Waals surface area contributed by atoms with Crippen LogP contribution in [0.2, 0.25) is 0 Å². The van der Waals surface area contributed by atoms with Crippen molar-refractivity contribution in [1.82, 2.24) is 0 Å². The van der Waals surface area contributed by atoms with Crippen LogP contribution in [0.25, 0.3) is 0 Å². The largest absolute Gasteiger partial charge is 0.481 e. The standard InChI is InChI=1S/C12H15BrO2/c1-12(2,8-11(14)15)7-9-5-3-4-6-10(9)13/h3-6H,7-8H2,1-2H3,(H,14,15). The normalized spacial score (nSPS) is 11.4. The van der Waals surface area contributed by atoms with Crippen LogP contribution in [0.4, 0.5) is 0 Å². The summed E-state index contributed by atoms with van der Waals surface area (Å²) in [5.41, 5.74) is 0.944. The van der Waals surface area contributed by atoms with Gasteiger partial charge in [-0.2, -0.15) is 0 Å². The van der Waals surface area contributed by atoms with E-state index in [9.17, 15) is 4.79 Å². The molecule has 0 saturated carbocycles. The third-order valence-corrected chi connectivity index (χ3v) is 3.03. The number of hydrogen-bond donors (Lipinski definition) is 1. The van der Waals surface area contributed by atoms with Crippen molar-refractivity contribution in [3.8, 4) is 0 Å². The van der Waals surface area contributed by atoms with E-state index in [1.165, 1.54) is 0 Å². The lowest BCUT2D eigenvalue weighted by molar-refractivity contribution is -0.139. The quantitative estimate of drug-likeness (QED) is 0.910. The second kappa shape index (κ2) is 4.79. The molecule has 0 amide bonds. The third kappa shape index (κ3) is 4.04. The molecule has 82 valence electrons. The van der Waals surface area contributed by atoms with Gasteiger partial charge in [-0.1, -0.05) is 48.0 Å². The van der Waals surface area contributed by atoms with Crippen LogP contribution in [-0.2, 0) is 11.2 Å². The molecule has 0 bridgehead atoms. The van der Waals surface area contributed by atoms with Crippen LogP contribution in [0.3, 0.4) is 0 Å². The van der Waals surface area contributed by atoms with Gasteiger partial charge in [-0.3, -0.25) is 4.79 Å². The Morgan fingerprint density at radius 2 is 2.00 bits per heavy atom. The SMILES string of the molecule is CC(C)(CC(=O)O)Cc1ccccc1Br. The summed E-state index contributed by atoms with van der Waals surface area (Å²) < 4.78 is 1.04. The van der Waals surface area contributed by atoms with Crippen molar-refractivity contribution in [3.63, 3.8) is 0 Å². The van der Waals surface area contributed by atoms with E-state index in [4.69, 9.17) is 5.11 Å². The van der Waals surface area contributed by atoms with Gasteiger partial charge in [0.15, 0.2) is 0 Å². The first-order valence-electron chi connectivity index (χ1n) is 4.86. The van der Waals surface area contributed by atoms with E-state index < -0.39 is 5.97 Å². The van der Waals surface area contributed by atoms with Crippen molar-refractivity contribution in [2.24, 2.45) is 5.41 Å². The highest BCUT2D eigenvalue weighted by molar-refractivity contribution is 9.10. The third-order valence-electron chi connectivity index (χ3n) is 2.26. The Morgan fingerprint density at radius 1 is 1.40 bits per heavy atom. The summed E-state index contributed by atoms with van der Waals surface area (Å²) in [4.78, 5) is 10.7. The first-order valence-corrected chi connectivity index (χ1v) is 5.65. The number of carbonyl (C=O) groups is 1. The Morgan fingerprint density at radius 3 is 2.53 bits per heavy atom. The summed E-state index contributed by atoms with van der Waals surface area (Å²) in [6.07, 6.45) is 0.953. The van der Waals surface area contributed by atoms with Crippen molar-refractivity contribution >= 4 is 21.9 Å². The molecule has 15 heavy (non-hydrogen) atoms. The van der Waals surface area contributed by atoms with E-state index in [1.54, 1.807) is 0 Å². The van der Waals surface area contributed by atoms with Gasteiger partial charge in [0.2, 0.25) is 0 Å². The Kier molecular flexibility index (Phi) is 3.91. The molecule has 1 rings (SSSR count). The molecule has 0 heterocycles. The molecule has 0 spiro atoms. The molecule has 0 aliphatic carbocycles. The van der Waals surface area contributed by atoms with Gasteiger partial charge >= 0.3 is 5.97 Å². The van der Waals surface area contributed by atoms with Crippen LogP contribution in [0.5, 0.6) is 0 Å². The van der Waals surface area contributed by atoms with Gasteiger partial charge in [0, 0.05) is 4.47 Å². The van der Waals surface area contributed by atoms with Crippen molar-refractivity contribution in [2.75, 3.05) is 0 Å². The fraction of sp³-hybridized carbons (Fsp3) is 0.417. The zero-order valence-electron chi connectivity index (χ0n) is 8.96. The first kappa shape index (κ1) is 12.2. The number of carboxylic acid groups (broad SMARTS) is 1. The minimum atomic E-state index is -0.743. The number of aliphatic carboxylic acids is 1. The van der Waals surface area contributed by atoms with Gasteiger partial charge in [-0.25, -0.2) is 0 Å². The Labute approximate surface area is 98.4 Å². The highest BCUT2D eigenvalue weighted by Crippen LogP contribution is 2.29. The monoisotopic (exact) mass is 270 g/mol. The summed E-state index contributed by atoms with van der Waals surface area (Å²) in [6, 6.07) is 7.93. The summed E-state index contributed by atoms with van der Waals surface area (Å²) in [5, 5.41) is 8.78. The van der Waals surface area contributed by atoms with E-state index in [0.717, 1.165) is 16.5 Å². The maximum atomic E-state index is 10.7. The van der Waals surface area contributed by atoms with Crippen molar-refractivity contribution in [1.29, 1.82) is 0 Å². The molecule has 0 unspecified atom stereocenters. The molecular formula is C12H15BrO2. The predicted octanol–water partition coefficient (Wildman–Crippen LogP) is 3.49. The summed E-state index contributed by atoms with van der Waals surface area (Å²) >= 11 is 3.47. The van der Waals surface area contributed by atoms with Crippen LogP contribution in [-0.4, -0.2) is 11.1 Å². The second-order valence-corrected chi connectivity index (χ2v) is 5.36. The molecule has 1 aromatic carbocycles. The topological polar surface area (TPSA) is 37.3 Å². The van der Waals surface area contributed by atoms with Crippen LogP contribution in [0.1, 0.15) is 25.8 Å². The molecule has 0 fully saturated rings. The molecule has 0 saturated heterocycles. The van der Waals surface area contributed by atoms with Crippen LogP contribution in [0.15, 0.2) is 28.7 Å². The number of halogens is 1. The second-order valence-electron chi connectivity index (χ2n) is 4.50. The summed E-state index contributed by atoms with van der Waals surface area (Å²) in [5.74, 6) is -0.743. The molecule has 1 N–H and O–H groups in total. The van der Waals surface area contributed by atoms with E-state index >= 15 is 0 Å². The lowest BCUT2D eigenvalue weighted by atomic mass is 9.83. The number of benzene rings is 1. The minimum Gasteiger partial charge on any atom is -0.481 e. The highest BCUT2D eigenvalue weighted by Gasteiger charge is 2.22. The number of hydrogen-bond acceptors (Lipinski definition) is 1. The molecule has 0 aliphatic heterocycles. The maximum absolute atomic E-state index is 10.7. The lowest BCUT2D eigenvalue weighted by Gasteiger charge is -2.22. The number of carboxylic acids is 1. The zero-order chi connectivity index (χ0) is 11.5. The first-order chi connectivity index (χ1) is 6.91. The molecule has 2 nitrogen and oxygen atoms in total. The van der Waals surface area contributed by atoms with E-state index in [2.05, 4.69) is 15.9 Å². The average molecular weight is 271 g/mol. The van der Waals surface area contributed by atoms with Gasteiger partial charge in [0.1, 0.15) is 0 Å². The van der Waals surface area contributed by atoms with Gasteiger partial charge < -0.3 is 5.11 Å². The molecular weight excluding hydrogens is 256 g/mol. The predicted molar refractivity (Wildman–Crippen MR) is 63.9 cm³/mol. The number of rotatable bonds is 4. The van der Waals surface area contributed by atoms with E-state index in [-0.39, 0.29) is 11.8 Å². The lowest BCUT2D eigenvalue weighted by Crippen LogP contribution is -2.19. The fourth-order valence-corrected chi connectivity index (χ4v) is 2.05. The van der Waals surface area contributed by atoms with Crippen LogP contribution < -0.4 is 0 Å². The van der Waals surface area contributed by atoms with Crippen LogP contribution >= 0.6 is 15.9 Å². The molecule has 3 heteroatoms. The molecule has 0 aromatic heterocycles. The zero-order valence-corrected chi connectivity index (χ0v) is 10.5.